The van der Waals surface area contributed by atoms with Gasteiger partial charge in [-0.05, 0) is 37.6 Å². The number of aryl methyl sites for hydroxylation is 2. The summed E-state index contributed by atoms with van der Waals surface area (Å²) in [6, 6.07) is 5.55. The van der Waals surface area contributed by atoms with Gasteiger partial charge in [-0.2, -0.15) is 0 Å². The molecule has 23 heavy (non-hydrogen) atoms. The number of ether oxygens (including phenoxy) is 1. The van der Waals surface area contributed by atoms with Gasteiger partial charge in [-0.1, -0.05) is 0 Å². The van der Waals surface area contributed by atoms with Crippen LogP contribution in [0.5, 0.6) is 0 Å². The number of hydrogen-bond donors (Lipinski definition) is 2. The van der Waals surface area contributed by atoms with Crippen molar-refractivity contribution in [3.8, 4) is 0 Å². The van der Waals surface area contributed by atoms with Crippen LogP contribution in [0, 0.1) is 19.8 Å². The molecule has 0 bridgehead atoms. The normalized spacial score (nSPS) is 18.9. The summed E-state index contributed by atoms with van der Waals surface area (Å²) in [5, 5.41) is 10.2. The van der Waals surface area contributed by atoms with Gasteiger partial charge >= 0.3 is 5.97 Å². The molecule has 1 aromatic heterocycles. The first-order chi connectivity index (χ1) is 11.0. The van der Waals surface area contributed by atoms with Crippen LogP contribution in [0.1, 0.15) is 21.6 Å². The molecule has 1 aromatic carbocycles. The summed E-state index contributed by atoms with van der Waals surface area (Å²) >= 11 is 0. The number of aliphatic carboxylic acids is 1. The predicted octanol–water partition coefficient (Wildman–Crippen LogP) is 1.96. The molecule has 2 aromatic rings. The van der Waals surface area contributed by atoms with Gasteiger partial charge in [-0.3, -0.25) is 9.59 Å². The Labute approximate surface area is 134 Å². The van der Waals surface area contributed by atoms with E-state index in [1.54, 1.807) is 11.0 Å². The molecular formula is C17H20N2O4. The van der Waals surface area contributed by atoms with Crippen molar-refractivity contribution in [2.45, 2.75) is 13.8 Å². The topological polar surface area (TPSA) is 82.6 Å². The van der Waals surface area contributed by atoms with Gasteiger partial charge in [0.1, 0.15) is 0 Å². The lowest BCUT2D eigenvalue weighted by atomic mass is 10.1. The SMILES string of the molecule is Cc1[nH]c2ccc(C(=O)N3CCOCC(C(=O)O)C3)cc2c1C. The van der Waals surface area contributed by atoms with Crippen LogP contribution in [0.3, 0.4) is 0 Å². The molecule has 0 saturated carbocycles. The second-order valence-corrected chi connectivity index (χ2v) is 6.00. The zero-order valence-corrected chi connectivity index (χ0v) is 13.3. The van der Waals surface area contributed by atoms with Crippen molar-refractivity contribution in [1.29, 1.82) is 0 Å². The molecule has 1 atom stereocenters. The number of amides is 1. The Kier molecular flexibility index (Phi) is 4.09. The Morgan fingerprint density at radius 3 is 2.87 bits per heavy atom. The summed E-state index contributed by atoms with van der Waals surface area (Å²) in [6.45, 7) is 5.11. The maximum absolute atomic E-state index is 12.7. The molecule has 0 aliphatic carbocycles. The van der Waals surface area contributed by atoms with E-state index in [9.17, 15) is 14.7 Å². The van der Waals surface area contributed by atoms with Gasteiger partial charge in [-0.25, -0.2) is 0 Å². The van der Waals surface area contributed by atoms with E-state index in [2.05, 4.69) is 4.98 Å². The molecule has 122 valence electrons. The number of benzene rings is 1. The van der Waals surface area contributed by atoms with E-state index in [1.807, 2.05) is 26.0 Å². The number of carboxylic acids is 1. The molecule has 0 radical (unpaired) electrons. The average molecular weight is 316 g/mol. The number of nitrogens with one attached hydrogen (secondary N) is 1. The number of carboxylic acid groups (broad SMARTS) is 1. The lowest BCUT2D eigenvalue weighted by molar-refractivity contribution is -0.143. The highest BCUT2D eigenvalue weighted by Gasteiger charge is 2.27. The Morgan fingerprint density at radius 1 is 1.35 bits per heavy atom. The number of aromatic nitrogens is 1. The van der Waals surface area contributed by atoms with Crippen LogP contribution in [-0.2, 0) is 9.53 Å². The molecule has 1 aliphatic heterocycles. The highest BCUT2D eigenvalue weighted by Crippen LogP contribution is 2.23. The minimum Gasteiger partial charge on any atom is -0.481 e. The van der Waals surface area contributed by atoms with Gasteiger partial charge in [0, 0.05) is 35.2 Å². The summed E-state index contributed by atoms with van der Waals surface area (Å²) in [5.41, 5.74) is 3.78. The Hall–Kier alpha value is -2.34. The summed E-state index contributed by atoms with van der Waals surface area (Å²) < 4.78 is 5.30. The maximum Gasteiger partial charge on any atom is 0.310 e. The van der Waals surface area contributed by atoms with Crippen molar-refractivity contribution in [1.82, 2.24) is 9.88 Å². The molecular weight excluding hydrogens is 296 g/mol. The highest BCUT2D eigenvalue weighted by molar-refractivity contribution is 5.99. The first-order valence-electron chi connectivity index (χ1n) is 7.66. The van der Waals surface area contributed by atoms with Gasteiger partial charge in [-0.15, -0.1) is 0 Å². The van der Waals surface area contributed by atoms with E-state index in [-0.39, 0.29) is 19.1 Å². The van der Waals surface area contributed by atoms with E-state index >= 15 is 0 Å². The largest absolute Gasteiger partial charge is 0.481 e. The lowest BCUT2D eigenvalue weighted by Gasteiger charge is -2.22. The molecule has 6 nitrogen and oxygen atoms in total. The van der Waals surface area contributed by atoms with Crippen LogP contribution in [0.15, 0.2) is 18.2 Å². The molecule has 2 heterocycles. The van der Waals surface area contributed by atoms with Crippen LogP contribution < -0.4 is 0 Å². The third kappa shape index (κ3) is 2.94. The van der Waals surface area contributed by atoms with Crippen LogP contribution in [-0.4, -0.2) is 53.2 Å². The van der Waals surface area contributed by atoms with Gasteiger partial charge < -0.3 is 19.7 Å². The number of fused-ring (bicyclic) bond motifs is 1. The van der Waals surface area contributed by atoms with Crippen molar-refractivity contribution in [2.24, 2.45) is 5.92 Å². The summed E-state index contributed by atoms with van der Waals surface area (Å²) in [6.07, 6.45) is 0. The Morgan fingerprint density at radius 2 is 2.13 bits per heavy atom. The molecule has 0 spiro atoms. The summed E-state index contributed by atoms with van der Waals surface area (Å²) in [4.78, 5) is 28.8. The second-order valence-electron chi connectivity index (χ2n) is 6.00. The number of hydrogen-bond acceptors (Lipinski definition) is 3. The average Bonchev–Trinajstić information content (AvgIpc) is 2.72. The third-order valence-corrected chi connectivity index (χ3v) is 4.46. The maximum atomic E-state index is 12.7. The molecule has 1 aliphatic rings. The van der Waals surface area contributed by atoms with Crippen LogP contribution in [0.25, 0.3) is 10.9 Å². The van der Waals surface area contributed by atoms with Crippen molar-refractivity contribution in [3.05, 3.63) is 35.0 Å². The van der Waals surface area contributed by atoms with E-state index < -0.39 is 11.9 Å². The zero-order chi connectivity index (χ0) is 16.6. The van der Waals surface area contributed by atoms with Gasteiger partial charge in [0.25, 0.3) is 5.91 Å². The molecule has 1 saturated heterocycles. The molecule has 2 N–H and O–H groups in total. The molecule has 3 rings (SSSR count). The van der Waals surface area contributed by atoms with E-state index in [0.29, 0.717) is 18.7 Å². The molecule has 6 heteroatoms. The third-order valence-electron chi connectivity index (χ3n) is 4.46. The number of carbonyl (C=O) groups is 2. The Balaban J connectivity index is 1.89. The number of carbonyl (C=O) groups excluding carboxylic acids is 1. The summed E-state index contributed by atoms with van der Waals surface area (Å²) in [5.74, 6) is -1.76. The predicted molar refractivity (Wildman–Crippen MR) is 85.6 cm³/mol. The fourth-order valence-corrected chi connectivity index (χ4v) is 2.92. The van der Waals surface area contributed by atoms with Gasteiger partial charge in [0.2, 0.25) is 0 Å². The molecule has 1 fully saturated rings. The smallest absolute Gasteiger partial charge is 0.310 e. The zero-order valence-electron chi connectivity index (χ0n) is 13.3. The van der Waals surface area contributed by atoms with E-state index in [4.69, 9.17) is 4.74 Å². The fourth-order valence-electron chi connectivity index (χ4n) is 2.92. The van der Waals surface area contributed by atoms with Crippen LogP contribution in [0.2, 0.25) is 0 Å². The van der Waals surface area contributed by atoms with Gasteiger partial charge in [0.15, 0.2) is 0 Å². The standard InChI is InChI=1S/C17H20N2O4/c1-10-11(2)18-15-4-3-12(7-14(10)15)16(20)19-5-6-23-9-13(8-19)17(21)22/h3-4,7,13,18H,5-6,8-9H2,1-2H3,(H,21,22). The molecule has 1 unspecified atom stereocenters. The van der Waals surface area contributed by atoms with Crippen molar-refractivity contribution in [2.75, 3.05) is 26.3 Å². The van der Waals surface area contributed by atoms with Crippen molar-refractivity contribution < 1.29 is 19.4 Å². The van der Waals surface area contributed by atoms with Crippen molar-refractivity contribution in [3.63, 3.8) is 0 Å². The van der Waals surface area contributed by atoms with E-state index in [1.165, 1.54) is 0 Å². The highest BCUT2D eigenvalue weighted by atomic mass is 16.5. The first kappa shape index (κ1) is 15.6. The van der Waals surface area contributed by atoms with E-state index in [0.717, 1.165) is 22.2 Å². The quantitative estimate of drug-likeness (QED) is 0.887. The van der Waals surface area contributed by atoms with Crippen molar-refractivity contribution >= 4 is 22.8 Å². The Bertz CT molecular complexity index is 765. The lowest BCUT2D eigenvalue weighted by Crippen LogP contribution is -2.38. The summed E-state index contributed by atoms with van der Waals surface area (Å²) in [7, 11) is 0. The van der Waals surface area contributed by atoms with Crippen LogP contribution >= 0.6 is 0 Å². The fraction of sp³-hybridized carbons (Fsp3) is 0.412. The number of rotatable bonds is 2. The van der Waals surface area contributed by atoms with Gasteiger partial charge in [0.05, 0.1) is 19.1 Å². The van der Waals surface area contributed by atoms with Crippen LogP contribution in [0.4, 0.5) is 0 Å². The molecule has 1 amide bonds. The minimum absolute atomic E-state index is 0.147. The number of aromatic amines is 1. The second kappa shape index (κ2) is 6.04. The first-order valence-corrected chi connectivity index (χ1v) is 7.66. The number of H-pyrrole nitrogens is 1. The monoisotopic (exact) mass is 316 g/mol. The number of nitrogens with zero attached hydrogens (tertiary/aromatic N) is 1. The minimum atomic E-state index is -0.933.